The van der Waals surface area contributed by atoms with Crippen LogP contribution in [0.25, 0.3) is 10.6 Å². The lowest BCUT2D eigenvalue weighted by Crippen LogP contribution is -1.99. The van der Waals surface area contributed by atoms with E-state index in [-0.39, 0.29) is 0 Å². The Labute approximate surface area is 137 Å². The first kappa shape index (κ1) is 15.1. The largest absolute Gasteiger partial charge is 0.455 e. The summed E-state index contributed by atoms with van der Waals surface area (Å²) in [4.78, 5) is 24.3. The molecular weight excluding hydrogens is 312 g/mol. The first-order valence-corrected chi connectivity index (χ1v) is 7.72. The highest BCUT2D eigenvalue weighted by Crippen LogP contribution is 2.30. The minimum atomic E-state index is 0.486. The molecule has 0 spiro atoms. The van der Waals surface area contributed by atoms with Gasteiger partial charge in [-0.05, 0) is 32.0 Å². The third-order valence-electron chi connectivity index (χ3n) is 3.08. The fourth-order valence-corrected chi connectivity index (χ4v) is 2.76. The molecule has 0 bridgehead atoms. The molecule has 3 aromatic rings. The SMILES string of the molecule is Cc1ncc(-c2cc(Oc3ccc(NC=O)nc3C)ccn2)s1. The van der Waals surface area contributed by atoms with Gasteiger partial charge in [0.15, 0.2) is 0 Å². The molecule has 3 rings (SSSR count). The smallest absolute Gasteiger partial charge is 0.212 e. The molecule has 3 aromatic heterocycles. The zero-order valence-electron chi connectivity index (χ0n) is 12.6. The zero-order chi connectivity index (χ0) is 16.2. The van der Waals surface area contributed by atoms with Crippen LogP contribution in [0.15, 0.2) is 36.7 Å². The summed E-state index contributed by atoms with van der Waals surface area (Å²) in [6.07, 6.45) is 4.10. The summed E-state index contributed by atoms with van der Waals surface area (Å²) in [5.41, 5.74) is 1.50. The highest BCUT2D eigenvalue weighted by molar-refractivity contribution is 7.15. The van der Waals surface area contributed by atoms with Crippen molar-refractivity contribution >= 4 is 23.6 Å². The molecule has 0 fully saturated rings. The van der Waals surface area contributed by atoms with Crippen molar-refractivity contribution in [3.05, 3.63) is 47.4 Å². The monoisotopic (exact) mass is 326 g/mol. The number of carbonyl (C=O) groups is 1. The molecule has 0 atom stereocenters. The Bertz CT molecular complexity index is 848. The van der Waals surface area contributed by atoms with Crippen molar-refractivity contribution in [2.45, 2.75) is 13.8 Å². The number of aryl methyl sites for hydroxylation is 2. The van der Waals surface area contributed by atoms with Crippen LogP contribution in [0, 0.1) is 13.8 Å². The minimum absolute atomic E-state index is 0.486. The van der Waals surface area contributed by atoms with Gasteiger partial charge in [0.2, 0.25) is 6.41 Å². The van der Waals surface area contributed by atoms with E-state index in [0.717, 1.165) is 15.6 Å². The molecule has 0 unspecified atom stereocenters. The van der Waals surface area contributed by atoms with Gasteiger partial charge in [-0.25, -0.2) is 9.97 Å². The number of ether oxygens (including phenoxy) is 1. The molecule has 6 nitrogen and oxygen atoms in total. The Morgan fingerprint density at radius 1 is 1.22 bits per heavy atom. The van der Waals surface area contributed by atoms with E-state index in [2.05, 4.69) is 20.3 Å². The standard InChI is InChI=1S/C16H14N4O2S/c1-10-14(3-4-16(20-10)19-9-21)22-12-5-6-17-13(7-12)15-8-18-11(2)23-15/h3-9H,1-2H3,(H,19,20,21). The lowest BCUT2D eigenvalue weighted by atomic mass is 10.3. The summed E-state index contributed by atoms with van der Waals surface area (Å²) in [5, 5.41) is 3.50. The number of carbonyl (C=O) groups excluding carboxylic acids is 1. The molecule has 7 heteroatoms. The molecule has 0 aliphatic heterocycles. The maximum absolute atomic E-state index is 10.4. The highest BCUT2D eigenvalue weighted by Gasteiger charge is 2.08. The number of amides is 1. The quantitative estimate of drug-likeness (QED) is 0.725. The number of thiazole rings is 1. The molecule has 0 radical (unpaired) electrons. The molecule has 1 N–H and O–H groups in total. The van der Waals surface area contributed by atoms with Crippen LogP contribution in [-0.4, -0.2) is 21.4 Å². The van der Waals surface area contributed by atoms with Crippen LogP contribution < -0.4 is 10.1 Å². The first-order valence-electron chi connectivity index (χ1n) is 6.90. The van der Waals surface area contributed by atoms with Crippen LogP contribution in [0.4, 0.5) is 5.82 Å². The van der Waals surface area contributed by atoms with Crippen molar-refractivity contribution < 1.29 is 9.53 Å². The van der Waals surface area contributed by atoms with E-state index in [0.29, 0.717) is 29.4 Å². The maximum Gasteiger partial charge on any atom is 0.212 e. The van der Waals surface area contributed by atoms with E-state index < -0.39 is 0 Å². The van der Waals surface area contributed by atoms with Crippen molar-refractivity contribution in [2.24, 2.45) is 0 Å². The number of rotatable bonds is 5. The molecule has 116 valence electrons. The zero-order valence-corrected chi connectivity index (χ0v) is 13.4. The number of pyridine rings is 2. The average Bonchev–Trinajstić information content (AvgIpc) is 2.97. The average molecular weight is 326 g/mol. The molecular formula is C16H14N4O2S. The Morgan fingerprint density at radius 2 is 2.09 bits per heavy atom. The summed E-state index contributed by atoms with van der Waals surface area (Å²) < 4.78 is 5.88. The second-order valence-electron chi connectivity index (χ2n) is 4.76. The number of nitrogens with one attached hydrogen (secondary N) is 1. The summed E-state index contributed by atoms with van der Waals surface area (Å²) in [6, 6.07) is 7.11. The van der Waals surface area contributed by atoms with Gasteiger partial charge in [0.1, 0.15) is 17.3 Å². The predicted octanol–water partition coefficient (Wildman–Crippen LogP) is 3.58. The van der Waals surface area contributed by atoms with Gasteiger partial charge < -0.3 is 10.1 Å². The van der Waals surface area contributed by atoms with Crippen molar-refractivity contribution in [1.82, 2.24) is 15.0 Å². The van der Waals surface area contributed by atoms with Crippen molar-refractivity contribution in [3.63, 3.8) is 0 Å². The molecule has 0 aromatic carbocycles. The van der Waals surface area contributed by atoms with Crippen LogP contribution in [-0.2, 0) is 4.79 Å². The van der Waals surface area contributed by atoms with E-state index in [9.17, 15) is 4.79 Å². The topological polar surface area (TPSA) is 77.0 Å². The van der Waals surface area contributed by atoms with Gasteiger partial charge in [0.05, 0.1) is 21.3 Å². The van der Waals surface area contributed by atoms with Crippen LogP contribution in [0.2, 0.25) is 0 Å². The van der Waals surface area contributed by atoms with Crippen molar-refractivity contribution in [3.8, 4) is 22.1 Å². The number of hydrogen-bond acceptors (Lipinski definition) is 6. The Hall–Kier alpha value is -2.80. The second-order valence-corrected chi connectivity index (χ2v) is 6.00. The van der Waals surface area contributed by atoms with E-state index in [1.807, 2.05) is 19.9 Å². The molecule has 3 heterocycles. The van der Waals surface area contributed by atoms with Crippen LogP contribution in [0.1, 0.15) is 10.7 Å². The van der Waals surface area contributed by atoms with E-state index in [4.69, 9.17) is 4.74 Å². The van der Waals surface area contributed by atoms with Crippen molar-refractivity contribution in [2.75, 3.05) is 5.32 Å². The van der Waals surface area contributed by atoms with Crippen LogP contribution >= 0.6 is 11.3 Å². The molecule has 0 saturated carbocycles. The number of anilines is 1. The molecule has 23 heavy (non-hydrogen) atoms. The number of hydrogen-bond donors (Lipinski definition) is 1. The maximum atomic E-state index is 10.4. The predicted molar refractivity (Wildman–Crippen MR) is 88.8 cm³/mol. The Kier molecular flexibility index (Phi) is 4.29. The molecule has 0 saturated heterocycles. The van der Waals surface area contributed by atoms with Crippen LogP contribution in [0.5, 0.6) is 11.5 Å². The van der Waals surface area contributed by atoms with Gasteiger partial charge in [0, 0.05) is 18.5 Å². The third-order valence-corrected chi connectivity index (χ3v) is 4.01. The van der Waals surface area contributed by atoms with Gasteiger partial charge in [-0.3, -0.25) is 9.78 Å². The van der Waals surface area contributed by atoms with Crippen molar-refractivity contribution in [1.29, 1.82) is 0 Å². The normalized spacial score (nSPS) is 10.3. The Balaban J connectivity index is 1.84. The summed E-state index contributed by atoms with van der Waals surface area (Å²) in [7, 11) is 0. The van der Waals surface area contributed by atoms with Gasteiger partial charge in [-0.1, -0.05) is 0 Å². The minimum Gasteiger partial charge on any atom is -0.455 e. The lowest BCUT2D eigenvalue weighted by molar-refractivity contribution is -0.105. The summed E-state index contributed by atoms with van der Waals surface area (Å²) in [6.45, 7) is 3.78. The second kappa shape index (κ2) is 6.53. The van der Waals surface area contributed by atoms with E-state index >= 15 is 0 Å². The first-order chi connectivity index (χ1) is 11.2. The summed E-state index contributed by atoms with van der Waals surface area (Å²) in [5.74, 6) is 1.78. The van der Waals surface area contributed by atoms with Gasteiger partial charge >= 0.3 is 0 Å². The summed E-state index contributed by atoms with van der Waals surface area (Å²) >= 11 is 1.58. The van der Waals surface area contributed by atoms with Gasteiger partial charge in [-0.15, -0.1) is 11.3 Å². The Morgan fingerprint density at radius 3 is 2.78 bits per heavy atom. The highest BCUT2D eigenvalue weighted by atomic mass is 32.1. The fourth-order valence-electron chi connectivity index (χ4n) is 2.01. The lowest BCUT2D eigenvalue weighted by Gasteiger charge is -2.09. The van der Waals surface area contributed by atoms with Gasteiger partial charge in [0.25, 0.3) is 0 Å². The molecule has 0 aliphatic carbocycles. The number of aromatic nitrogens is 3. The van der Waals surface area contributed by atoms with E-state index in [1.54, 1.807) is 41.9 Å². The molecule has 0 aliphatic rings. The molecule has 1 amide bonds. The van der Waals surface area contributed by atoms with E-state index in [1.165, 1.54) is 0 Å². The third kappa shape index (κ3) is 3.51. The van der Waals surface area contributed by atoms with Gasteiger partial charge in [-0.2, -0.15) is 0 Å². The van der Waals surface area contributed by atoms with Crippen LogP contribution in [0.3, 0.4) is 0 Å². The number of nitrogens with zero attached hydrogens (tertiary/aromatic N) is 3. The fraction of sp³-hybridized carbons (Fsp3) is 0.125.